The van der Waals surface area contributed by atoms with Crippen molar-refractivity contribution in [3.63, 3.8) is 0 Å². The Bertz CT molecular complexity index is 1870. The molecule has 4 aliphatic rings. The van der Waals surface area contributed by atoms with Gasteiger partial charge in [-0.1, -0.05) is 39.7 Å². The van der Waals surface area contributed by atoms with E-state index in [1.54, 1.807) is 26.3 Å². The van der Waals surface area contributed by atoms with E-state index in [9.17, 15) is 27.6 Å². The minimum absolute atomic E-state index is 0.0134. The molecule has 0 bridgehead atoms. The van der Waals surface area contributed by atoms with Gasteiger partial charge in [-0.15, -0.1) is 6.58 Å². The summed E-state index contributed by atoms with van der Waals surface area (Å²) in [6, 6.07) is 4.70. The highest BCUT2D eigenvalue weighted by atomic mass is 32.2. The van der Waals surface area contributed by atoms with E-state index in [0.717, 1.165) is 31.1 Å². The summed E-state index contributed by atoms with van der Waals surface area (Å²) < 4.78 is 38.9. The largest absolute Gasteiger partial charge is 0.497 e. The van der Waals surface area contributed by atoms with Crippen molar-refractivity contribution < 1.29 is 37.1 Å². The molecular formula is C37H50N6O8S. The van der Waals surface area contributed by atoms with E-state index in [1.807, 2.05) is 39.0 Å². The van der Waals surface area contributed by atoms with Crippen molar-refractivity contribution in [2.24, 2.45) is 11.3 Å². The summed E-state index contributed by atoms with van der Waals surface area (Å²) >= 11 is 0. The first-order valence-corrected chi connectivity index (χ1v) is 19.5. The third-order valence-corrected chi connectivity index (χ3v) is 13.2. The lowest BCUT2D eigenvalue weighted by Gasteiger charge is -2.35. The Morgan fingerprint density at radius 1 is 1.12 bits per heavy atom. The second-order valence-electron chi connectivity index (χ2n) is 16.0. The van der Waals surface area contributed by atoms with Crippen molar-refractivity contribution in [2.45, 2.75) is 114 Å². The van der Waals surface area contributed by atoms with Crippen molar-refractivity contribution in [1.29, 1.82) is 0 Å². The van der Waals surface area contributed by atoms with Gasteiger partial charge in [0.2, 0.25) is 27.7 Å². The number of urea groups is 1. The third-order valence-electron chi connectivity index (χ3n) is 11.0. The molecule has 2 heterocycles. The van der Waals surface area contributed by atoms with Gasteiger partial charge in [0.1, 0.15) is 29.5 Å². The first-order valence-electron chi connectivity index (χ1n) is 18.0. The molecule has 0 spiro atoms. The Morgan fingerprint density at radius 2 is 1.83 bits per heavy atom. The summed E-state index contributed by atoms with van der Waals surface area (Å²) in [5, 5.41) is 10.2. The fraction of sp³-hybridized carbons (Fsp3) is 0.595. The SMILES string of the molecule is C=C[C@@H]1C[C@]1(NC(=O)[C@@H]1C[C@@H](Oc2nccc3cc(OC)ccc23)CN1C(=O)[C@@H](NC(=O)NC1CCCC1)C(C)(C)C)C(=O)NS(=O)(=O)C1(C)CC1. The number of amides is 5. The van der Waals surface area contributed by atoms with Crippen LogP contribution < -0.4 is 30.1 Å². The lowest BCUT2D eigenvalue weighted by molar-refractivity contribution is -0.142. The molecular weight excluding hydrogens is 689 g/mol. The number of carbonyl (C=O) groups excluding carboxylic acids is 4. The molecule has 4 N–H and O–H groups in total. The summed E-state index contributed by atoms with van der Waals surface area (Å²) in [4.78, 5) is 61.5. The molecule has 6 rings (SSSR count). The van der Waals surface area contributed by atoms with Crippen LogP contribution in [0.2, 0.25) is 0 Å². The van der Waals surface area contributed by atoms with Crippen LogP contribution in [0.3, 0.4) is 0 Å². The van der Waals surface area contributed by atoms with Gasteiger partial charge >= 0.3 is 6.03 Å². The highest BCUT2D eigenvalue weighted by molar-refractivity contribution is 7.91. The number of methoxy groups -OCH3 is 1. The van der Waals surface area contributed by atoms with Crippen LogP contribution in [-0.4, -0.2) is 90.2 Å². The molecule has 5 amide bonds. The Morgan fingerprint density at radius 3 is 2.44 bits per heavy atom. The Balaban J connectivity index is 1.27. The average molecular weight is 739 g/mol. The van der Waals surface area contributed by atoms with Crippen molar-refractivity contribution >= 4 is 44.5 Å². The summed E-state index contributed by atoms with van der Waals surface area (Å²) in [6.07, 6.45) is 7.26. The number of benzene rings is 1. The zero-order valence-electron chi connectivity index (χ0n) is 30.5. The first kappa shape index (κ1) is 37.4. The summed E-state index contributed by atoms with van der Waals surface area (Å²) in [5.74, 6) is -1.52. The molecule has 1 saturated heterocycles. The number of aromatic nitrogens is 1. The van der Waals surface area contributed by atoms with E-state index < -0.39 is 73.6 Å². The van der Waals surface area contributed by atoms with Gasteiger partial charge in [-0.25, -0.2) is 18.2 Å². The highest BCUT2D eigenvalue weighted by Gasteiger charge is 2.63. The van der Waals surface area contributed by atoms with Crippen LogP contribution in [0.5, 0.6) is 11.6 Å². The van der Waals surface area contributed by atoms with Gasteiger partial charge in [0.05, 0.1) is 18.4 Å². The molecule has 1 aromatic heterocycles. The normalized spacial score (nSPS) is 25.9. The molecule has 0 unspecified atom stereocenters. The van der Waals surface area contributed by atoms with Crippen LogP contribution >= 0.6 is 0 Å². The van der Waals surface area contributed by atoms with Crippen molar-refractivity contribution in [2.75, 3.05) is 13.7 Å². The average Bonchev–Trinajstić information content (AvgIpc) is 3.88. The van der Waals surface area contributed by atoms with E-state index in [1.165, 1.54) is 11.0 Å². The molecule has 15 heteroatoms. The van der Waals surface area contributed by atoms with Gasteiger partial charge < -0.3 is 30.3 Å². The second-order valence-corrected chi connectivity index (χ2v) is 18.2. The maximum Gasteiger partial charge on any atom is 0.315 e. The van der Waals surface area contributed by atoms with Gasteiger partial charge in [-0.2, -0.15) is 0 Å². The smallest absolute Gasteiger partial charge is 0.315 e. The first-order chi connectivity index (χ1) is 24.5. The third kappa shape index (κ3) is 7.42. The van der Waals surface area contributed by atoms with Crippen LogP contribution in [0.15, 0.2) is 43.1 Å². The van der Waals surface area contributed by atoms with Gasteiger partial charge in [0.15, 0.2) is 0 Å². The number of nitrogens with one attached hydrogen (secondary N) is 4. The standard InChI is InChI=1S/C37H50N6O8S/c1-7-23-20-37(23,33(46)42-52(48,49)36(5)15-16-36)41-30(44)28-19-26(51-31-27-13-12-25(50-6)18-22(27)14-17-38-31)21-43(28)32(45)29(35(2,3)4)40-34(47)39-24-10-8-9-11-24/h7,12-14,17-18,23-24,26,28-29H,1,8-11,15-16,19-21H2,2-6H3,(H,41,44)(H,42,46)(H2,39,40,47)/t23-,26-,28+,29-,37-/m1/s1. The summed E-state index contributed by atoms with van der Waals surface area (Å²) in [6.45, 7) is 10.8. The molecule has 1 aliphatic heterocycles. The van der Waals surface area contributed by atoms with Crippen LogP contribution in [0, 0.1) is 11.3 Å². The number of fused-ring (bicyclic) bond motifs is 1. The van der Waals surface area contributed by atoms with Gasteiger partial charge in [-0.3, -0.25) is 19.1 Å². The molecule has 5 atom stereocenters. The number of carbonyl (C=O) groups is 4. The van der Waals surface area contributed by atoms with Gasteiger partial charge in [0, 0.05) is 30.0 Å². The van der Waals surface area contributed by atoms with E-state index in [4.69, 9.17) is 9.47 Å². The zero-order valence-corrected chi connectivity index (χ0v) is 31.3. The van der Waals surface area contributed by atoms with Gasteiger partial charge in [0.25, 0.3) is 5.91 Å². The topological polar surface area (TPSA) is 185 Å². The molecule has 14 nitrogen and oxygen atoms in total. The monoisotopic (exact) mass is 738 g/mol. The highest BCUT2D eigenvalue weighted by Crippen LogP contribution is 2.47. The lowest BCUT2D eigenvalue weighted by Crippen LogP contribution is -2.61. The number of hydrogen-bond donors (Lipinski definition) is 4. The maximum atomic E-state index is 14.5. The number of hydrogen-bond acceptors (Lipinski definition) is 9. The second kappa shape index (κ2) is 13.9. The Kier molecular flexibility index (Phi) is 9.96. The molecule has 2 aromatic rings. The predicted molar refractivity (Wildman–Crippen MR) is 194 cm³/mol. The van der Waals surface area contributed by atoms with E-state index in [-0.39, 0.29) is 25.4 Å². The van der Waals surface area contributed by atoms with E-state index >= 15 is 0 Å². The van der Waals surface area contributed by atoms with Crippen LogP contribution in [0.25, 0.3) is 10.8 Å². The minimum Gasteiger partial charge on any atom is -0.497 e. The molecule has 0 radical (unpaired) electrons. The maximum absolute atomic E-state index is 14.5. The number of pyridine rings is 1. The minimum atomic E-state index is -3.98. The molecule has 3 saturated carbocycles. The Labute approximate surface area is 304 Å². The number of likely N-dealkylation sites (tertiary alicyclic amines) is 1. The molecule has 1 aromatic carbocycles. The van der Waals surface area contributed by atoms with E-state index in [2.05, 4.69) is 32.2 Å². The molecule has 52 heavy (non-hydrogen) atoms. The molecule has 3 aliphatic carbocycles. The van der Waals surface area contributed by atoms with Crippen LogP contribution in [0.4, 0.5) is 4.79 Å². The fourth-order valence-corrected chi connectivity index (χ4v) is 8.56. The number of nitrogens with zero attached hydrogens (tertiary/aromatic N) is 2. The quantitative estimate of drug-likeness (QED) is 0.237. The van der Waals surface area contributed by atoms with Crippen LogP contribution in [0.1, 0.15) is 79.1 Å². The van der Waals surface area contributed by atoms with Crippen molar-refractivity contribution in [3.8, 4) is 11.6 Å². The number of ether oxygens (including phenoxy) is 2. The van der Waals surface area contributed by atoms with Crippen LogP contribution in [-0.2, 0) is 24.4 Å². The molecule has 4 fully saturated rings. The number of sulfonamides is 1. The predicted octanol–water partition coefficient (Wildman–Crippen LogP) is 3.31. The van der Waals surface area contributed by atoms with Gasteiger partial charge in [-0.05, 0) is 74.1 Å². The zero-order chi connectivity index (χ0) is 37.6. The number of rotatable bonds is 12. The van der Waals surface area contributed by atoms with E-state index in [0.29, 0.717) is 29.9 Å². The van der Waals surface area contributed by atoms with Crippen molar-refractivity contribution in [1.82, 2.24) is 30.6 Å². The molecule has 282 valence electrons. The fourth-order valence-electron chi connectivity index (χ4n) is 7.24. The van der Waals surface area contributed by atoms with Crippen molar-refractivity contribution in [3.05, 3.63) is 43.1 Å². The summed E-state index contributed by atoms with van der Waals surface area (Å²) in [7, 11) is -2.41. The lowest BCUT2D eigenvalue weighted by atomic mass is 9.85. The summed E-state index contributed by atoms with van der Waals surface area (Å²) in [5.41, 5.74) is -2.30. The Hall–Kier alpha value is -4.40.